The molecule has 27 heavy (non-hydrogen) atoms. The van der Waals surface area contributed by atoms with E-state index in [0.717, 1.165) is 21.5 Å². The van der Waals surface area contributed by atoms with Crippen molar-refractivity contribution in [2.24, 2.45) is 0 Å². The fourth-order valence-corrected chi connectivity index (χ4v) is 5.60. The lowest BCUT2D eigenvalue weighted by atomic mass is 10.2. The molecular formula is C18H14N4OS4. The number of anilines is 1. The van der Waals surface area contributed by atoms with Gasteiger partial charge in [-0.15, -0.1) is 32.9 Å². The van der Waals surface area contributed by atoms with Crippen LogP contribution in [-0.4, -0.2) is 21.1 Å². The largest absolute Gasteiger partial charge is 0.295 e. The molecular weight excluding hydrogens is 416 g/mol. The van der Waals surface area contributed by atoms with Crippen LogP contribution in [0.5, 0.6) is 0 Å². The van der Waals surface area contributed by atoms with Gasteiger partial charge >= 0.3 is 0 Å². The van der Waals surface area contributed by atoms with Crippen LogP contribution in [0.1, 0.15) is 25.9 Å². The second-order valence-corrected chi connectivity index (χ2v) is 9.66. The first-order valence-electron chi connectivity index (χ1n) is 8.04. The number of carbonyl (C=O) groups is 1. The van der Waals surface area contributed by atoms with E-state index in [9.17, 15) is 4.79 Å². The number of aromatic nitrogens is 3. The van der Waals surface area contributed by atoms with Crippen LogP contribution in [-0.2, 0) is 12.2 Å². The molecule has 136 valence electrons. The van der Waals surface area contributed by atoms with Gasteiger partial charge in [0.25, 0.3) is 5.91 Å². The Morgan fingerprint density at radius 2 is 1.96 bits per heavy atom. The van der Waals surface area contributed by atoms with Crippen LogP contribution < -0.4 is 5.32 Å². The van der Waals surface area contributed by atoms with Gasteiger partial charge in [0.15, 0.2) is 4.34 Å². The van der Waals surface area contributed by atoms with E-state index in [1.807, 2.05) is 24.3 Å². The number of hydrogen-bond acceptors (Lipinski definition) is 8. The number of hydrogen-bond donors (Lipinski definition) is 1. The monoisotopic (exact) mass is 430 g/mol. The third kappa shape index (κ3) is 5.01. The van der Waals surface area contributed by atoms with Crippen LogP contribution in [0.15, 0.2) is 57.6 Å². The van der Waals surface area contributed by atoms with Crippen molar-refractivity contribution in [1.29, 1.82) is 0 Å². The number of amides is 1. The molecule has 0 atom stereocenters. The predicted molar refractivity (Wildman–Crippen MR) is 113 cm³/mol. The summed E-state index contributed by atoms with van der Waals surface area (Å²) in [6.45, 7) is 0. The first-order valence-corrected chi connectivity index (χ1v) is 11.6. The number of thiazole rings is 1. The van der Waals surface area contributed by atoms with Gasteiger partial charge in [0, 0.05) is 22.4 Å². The molecule has 1 amide bonds. The fourth-order valence-electron chi connectivity index (χ4n) is 2.27. The normalized spacial score (nSPS) is 10.8. The molecule has 0 saturated heterocycles. The lowest BCUT2D eigenvalue weighted by Crippen LogP contribution is -2.12. The van der Waals surface area contributed by atoms with E-state index in [-0.39, 0.29) is 5.91 Å². The average molecular weight is 431 g/mol. The molecule has 0 bridgehead atoms. The molecule has 5 nitrogen and oxygen atoms in total. The maximum absolute atomic E-state index is 12.4. The van der Waals surface area contributed by atoms with Crippen LogP contribution in [0.25, 0.3) is 0 Å². The zero-order valence-electron chi connectivity index (χ0n) is 14.0. The van der Waals surface area contributed by atoms with Crippen molar-refractivity contribution in [3.8, 4) is 0 Å². The van der Waals surface area contributed by atoms with Gasteiger partial charge in [-0.2, -0.15) is 0 Å². The third-order valence-corrected chi connectivity index (χ3v) is 7.46. The summed E-state index contributed by atoms with van der Waals surface area (Å²) in [5.74, 6) is 0.603. The summed E-state index contributed by atoms with van der Waals surface area (Å²) in [6, 6.07) is 14.2. The number of carbonyl (C=O) groups excluding carboxylic acids is 1. The molecule has 0 aliphatic carbocycles. The molecule has 0 saturated carbocycles. The highest BCUT2D eigenvalue weighted by molar-refractivity contribution is 8.00. The summed E-state index contributed by atoms with van der Waals surface area (Å²) in [5.41, 5.74) is 1.59. The van der Waals surface area contributed by atoms with Gasteiger partial charge < -0.3 is 0 Å². The lowest BCUT2D eigenvalue weighted by Gasteiger charge is -1.97. The van der Waals surface area contributed by atoms with Crippen molar-refractivity contribution in [3.63, 3.8) is 0 Å². The van der Waals surface area contributed by atoms with Crippen LogP contribution in [0.3, 0.4) is 0 Å². The number of thiophene rings is 1. The summed E-state index contributed by atoms with van der Waals surface area (Å²) in [5, 5.41) is 16.2. The number of nitrogens with one attached hydrogen (secondary N) is 1. The highest BCUT2D eigenvalue weighted by Gasteiger charge is 2.14. The minimum atomic E-state index is -0.253. The fraction of sp³-hybridized carbons (Fsp3) is 0.111. The van der Waals surface area contributed by atoms with Crippen LogP contribution >= 0.6 is 45.8 Å². The van der Waals surface area contributed by atoms with Gasteiger partial charge in [-0.25, -0.2) is 4.98 Å². The van der Waals surface area contributed by atoms with E-state index >= 15 is 0 Å². The molecule has 4 aromatic rings. The summed E-state index contributed by atoms with van der Waals surface area (Å²) in [4.78, 5) is 18.1. The Labute approximate surface area is 172 Å². The molecule has 0 radical (unpaired) electrons. The lowest BCUT2D eigenvalue weighted by molar-refractivity contribution is 0.102. The molecule has 0 spiro atoms. The van der Waals surface area contributed by atoms with Crippen molar-refractivity contribution in [3.05, 3.63) is 74.4 Å². The molecule has 1 aromatic carbocycles. The Hall–Kier alpha value is -2.07. The first-order chi connectivity index (χ1) is 13.3. The van der Waals surface area contributed by atoms with Crippen molar-refractivity contribution >= 4 is 56.8 Å². The molecule has 1 N–H and O–H groups in total. The van der Waals surface area contributed by atoms with Crippen molar-refractivity contribution in [2.75, 3.05) is 5.32 Å². The minimum absolute atomic E-state index is 0.253. The second-order valence-electron chi connectivity index (χ2n) is 5.48. The zero-order valence-corrected chi connectivity index (χ0v) is 17.3. The maximum Gasteiger partial charge on any atom is 0.276 e. The zero-order chi connectivity index (χ0) is 18.5. The highest BCUT2D eigenvalue weighted by Crippen LogP contribution is 2.29. The summed E-state index contributed by atoms with van der Waals surface area (Å²) in [7, 11) is 0. The molecule has 0 aliphatic rings. The molecule has 3 aromatic heterocycles. The SMILES string of the molecule is O=C(Nc1nnc(SCc2cccs2)s1)c1csc(Cc2ccccc2)n1. The number of thioether (sulfide) groups is 1. The Balaban J connectivity index is 1.34. The summed E-state index contributed by atoms with van der Waals surface area (Å²) >= 11 is 6.20. The Morgan fingerprint density at radius 1 is 1.07 bits per heavy atom. The van der Waals surface area contributed by atoms with Gasteiger partial charge in [0.2, 0.25) is 5.13 Å². The number of rotatable bonds is 7. The Morgan fingerprint density at radius 3 is 2.78 bits per heavy atom. The minimum Gasteiger partial charge on any atom is -0.295 e. The molecule has 0 aliphatic heterocycles. The molecule has 9 heteroatoms. The van der Waals surface area contributed by atoms with Gasteiger partial charge in [-0.1, -0.05) is 59.5 Å². The van der Waals surface area contributed by atoms with Crippen molar-refractivity contribution in [1.82, 2.24) is 15.2 Å². The van der Waals surface area contributed by atoms with Crippen LogP contribution in [0, 0.1) is 0 Å². The van der Waals surface area contributed by atoms with E-state index in [4.69, 9.17) is 0 Å². The smallest absolute Gasteiger partial charge is 0.276 e. The van der Waals surface area contributed by atoms with Gasteiger partial charge in [-0.3, -0.25) is 10.1 Å². The first kappa shape index (κ1) is 18.3. The number of nitrogens with zero attached hydrogens (tertiary/aromatic N) is 3. The highest BCUT2D eigenvalue weighted by atomic mass is 32.2. The Kier molecular flexibility index (Phi) is 5.93. The second kappa shape index (κ2) is 8.75. The third-order valence-electron chi connectivity index (χ3n) is 3.53. The topological polar surface area (TPSA) is 67.8 Å². The van der Waals surface area contributed by atoms with E-state index in [0.29, 0.717) is 10.8 Å². The van der Waals surface area contributed by atoms with Crippen LogP contribution in [0.4, 0.5) is 5.13 Å². The van der Waals surface area contributed by atoms with Gasteiger partial charge in [0.05, 0.1) is 5.01 Å². The molecule has 3 heterocycles. The number of benzene rings is 1. The molecule has 4 rings (SSSR count). The summed E-state index contributed by atoms with van der Waals surface area (Å²) in [6.07, 6.45) is 0.723. The van der Waals surface area contributed by atoms with Gasteiger partial charge in [0.1, 0.15) is 5.69 Å². The van der Waals surface area contributed by atoms with E-state index in [1.165, 1.54) is 33.1 Å². The molecule has 0 fully saturated rings. The summed E-state index contributed by atoms with van der Waals surface area (Å²) < 4.78 is 0.835. The van der Waals surface area contributed by atoms with Crippen molar-refractivity contribution in [2.45, 2.75) is 16.5 Å². The molecule has 0 unspecified atom stereocenters. The predicted octanol–water partition coefficient (Wildman–Crippen LogP) is 5.19. The Bertz CT molecular complexity index is 1010. The van der Waals surface area contributed by atoms with E-state index in [1.54, 1.807) is 28.5 Å². The van der Waals surface area contributed by atoms with Crippen LogP contribution in [0.2, 0.25) is 0 Å². The maximum atomic E-state index is 12.4. The van der Waals surface area contributed by atoms with Gasteiger partial charge in [-0.05, 0) is 17.0 Å². The van der Waals surface area contributed by atoms with Crippen molar-refractivity contribution < 1.29 is 4.79 Å². The van der Waals surface area contributed by atoms with E-state index in [2.05, 4.69) is 44.1 Å². The quantitative estimate of drug-likeness (QED) is 0.323. The van der Waals surface area contributed by atoms with E-state index < -0.39 is 0 Å². The standard InChI is InChI=1S/C18H14N4OS4/c23-16(14-11-25-15(19-14)9-12-5-2-1-3-6-12)20-17-21-22-18(27-17)26-10-13-7-4-8-24-13/h1-8,11H,9-10H2,(H,20,21,23). The average Bonchev–Trinajstić information content (AvgIpc) is 3.43.